The van der Waals surface area contributed by atoms with Gasteiger partial charge in [0.25, 0.3) is 5.91 Å². The van der Waals surface area contributed by atoms with Gasteiger partial charge in [0.15, 0.2) is 0 Å². The lowest BCUT2D eigenvalue weighted by Crippen LogP contribution is -2.48. The summed E-state index contributed by atoms with van der Waals surface area (Å²) in [7, 11) is 0. The number of hydrogen-bond donors (Lipinski definition) is 2. The maximum atomic E-state index is 12.8. The molecule has 138 valence electrons. The van der Waals surface area contributed by atoms with Gasteiger partial charge in [0.2, 0.25) is 11.7 Å². The van der Waals surface area contributed by atoms with Gasteiger partial charge in [-0.1, -0.05) is 50.1 Å². The third-order valence-corrected chi connectivity index (χ3v) is 4.07. The highest BCUT2D eigenvalue weighted by atomic mass is 16.2. The number of nitrogens with one attached hydrogen (secondary N) is 1. The maximum absolute atomic E-state index is 12.8. The van der Waals surface area contributed by atoms with Gasteiger partial charge in [0.05, 0.1) is 0 Å². The lowest BCUT2D eigenvalue weighted by Gasteiger charge is -2.26. The Balaban J connectivity index is 3.09. The van der Waals surface area contributed by atoms with Gasteiger partial charge >= 0.3 is 0 Å². The number of hydrogen-bond acceptors (Lipinski definition) is 3. The minimum Gasteiger partial charge on any atom is -0.369 e. The van der Waals surface area contributed by atoms with Crippen LogP contribution in [0.15, 0.2) is 30.3 Å². The molecule has 25 heavy (non-hydrogen) atoms. The molecule has 2 atom stereocenters. The van der Waals surface area contributed by atoms with Crippen LogP contribution in [0.3, 0.4) is 0 Å². The quantitative estimate of drug-likeness (QED) is 0.674. The number of ketones is 1. The second-order valence-corrected chi connectivity index (χ2v) is 7.52. The number of nitrogens with two attached hydrogens (primary N) is 1. The van der Waals surface area contributed by atoms with Crippen molar-refractivity contribution in [2.75, 3.05) is 0 Å². The van der Waals surface area contributed by atoms with Crippen molar-refractivity contribution < 1.29 is 14.4 Å². The Morgan fingerprint density at radius 1 is 1.08 bits per heavy atom. The Bertz CT molecular complexity index is 591. The van der Waals surface area contributed by atoms with E-state index in [-0.39, 0.29) is 0 Å². The van der Waals surface area contributed by atoms with Gasteiger partial charge in [-0.15, -0.1) is 0 Å². The van der Waals surface area contributed by atoms with Crippen molar-refractivity contribution >= 4 is 17.6 Å². The smallest absolute Gasteiger partial charge is 0.288 e. The molecular weight excluding hydrogens is 316 g/mol. The van der Waals surface area contributed by atoms with Gasteiger partial charge in [-0.05, 0) is 39.2 Å². The number of benzene rings is 1. The molecular formula is C20H30N2O3. The normalized spacial score (nSPS) is 13.8. The van der Waals surface area contributed by atoms with E-state index in [1.807, 2.05) is 58.0 Å². The fraction of sp³-hybridized carbons (Fsp3) is 0.550. The monoisotopic (exact) mass is 346 g/mol. The van der Waals surface area contributed by atoms with E-state index >= 15 is 0 Å². The molecule has 1 rings (SSSR count). The van der Waals surface area contributed by atoms with Gasteiger partial charge < -0.3 is 11.1 Å². The van der Waals surface area contributed by atoms with Gasteiger partial charge in [-0.3, -0.25) is 14.4 Å². The van der Waals surface area contributed by atoms with E-state index < -0.39 is 35.0 Å². The number of primary amides is 1. The van der Waals surface area contributed by atoms with E-state index in [2.05, 4.69) is 5.32 Å². The van der Waals surface area contributed by atoms with E-state index in [0.717, 1.165) is 18.4 Å². The number of rotatable bonds is 9. The number of carbonyl (C=O) groups is 3. The summed E-state index contributed by atoms with van der Waals surface area (Å²) >= 11 is 0. The van der Waals surface area contributed by atoms with Crippen LogP contribution in [0.5, 0.6) is 0 Å². The molecule has 0 saturated heterocycles. The molecule has 1 aromatic carbocycles. The number of carbonyl (C=O) groups excluding carboxylic acids is 3. The van der Waals surface area contributed by atoms with Crippen molar-refractivity contribution in [2.24, 2.45) is 17.6 Å². The van der Waals surface area contributed by atoms with Crippen molar-refractivity contribution in [1.29, 1.82) is 0 Å². The van der Waals surface area contributed by atoms with Crippen molar-refractivity contribution in [2.45, 2.75) is 58.9 Å². The average Bonchev–Trinajstić information content (AvgIpc) is 2.52. The average molecular weight is 346 g/mol. The molecule has 0 aromatic heterocycles. The van der Waals surface area contributed by atoms with Crippen LogP contribution in [0.25, 0.3) is 0 Å². The van der Waals surface area contributed by atoms with Crippen LogP contribution in [-0.2, 0) is 20.8 Å². The van der Waals surface area contributed by atoms with Crippen LogP contribution < -0.4 is 11.1 Å². The first-order chi connectivity index (χ1) is 11.7. The molecule has 1 aromatic rings. The number of amides is 2. The van der Waals surface area contributed by atoms with E-state index in [1.54, 1.807) is 0 Å². The predicted octanol–water partition coefficient (Wildman–Crippen LogP) is 2.62. The van der Waals surface area contributed by atoms with Gasteiger partial charge in [-0.2, -0.15) is 0 Å². The molecule has 0 bridgehead atoms. The standard InChI is InChI=1S/C20H30N2O3/c1-5-6-12-15(18(21)24)16(13-14-10-8-7-9-11-14)17(23)19(25)22-20(2,3)4/h7-11,15-16H,5-6,12-13H2,1-4H3,(H2,21,24)(H,22,25)/t15?,16-/m0/s1. The minimum absolute atomic E-state index is 0.328. The first-order valence-electron chi connectivity index (χ1n) is 8.85. The highest BCUT2D eigenvalue weighted by Gasteiger charge is 2.36. The zero-order chi connectivity index (χ0) is 19.0. The van der Waals surface area contributed by atoms with Crippen molar-refractivity contribution in [3.8, 4) is 0 Å². The van der Waals surface area contributed by atoms with Crippen LogP contribution in [-0.4, -0.2) is 23.1 Å². The summed E-state index contributed by atoms with van der Waals surface area (Å²) in [5.74, 6) is -3.13. The summed E-state index contributed by atoms with van der Waals surface area (Å²) in [5, 5.41) is 2.69. The Labute approximate surface area is 150 Å². The Morgan fingerprint density at radius 2 is 1.68 bits per heavy atom. The molecule has 0 aliphatic carbocycles. The number of unbranched alkanes of at least 4 members (excludes halogenated alkanes) is 1. The van der Waals surface area contributed by atoms with Crippen molar-refractivity contribution in [3.63, 3.8) is 0 Å². The Hall–Kier alpha value is -2.17. The first-order valence-corrected chi connectivity index (χ1v) is 8.85. The topological polar surface area (TPSA) is 89.3 Å². The van der Waals surface area contributed by atoms with Crippen molar-refractivity contribution in [1.82, 2.24) is 5.32 Å². The Kier molecular flexibility index (Phi) is 7.81. The zero-order valence-corrected chi connectivity index (χ0v) is 15.7. The SMILES string of the molecule is CCCCC(C(N)=O)[C@H](Cc1ccccc1)C(=O)C(=O)NC(C)(C)C. The van der Waals surface area contributed by atoms with Gasteiger partial charge in [0.1, 0.15) is 0 Å². The van der Waals surface area contributed by atoms with Crippen LogP contribution >= 0.6 is 0 Å². The molecule has 0 fully saturated rings. The molecule has 0 spiro atoms. The summed E-state index contributed by atoms with van der Waals surface area (Å²) < 4.78 is 0. The molecule has 0 heterocycles. The van der Waals surface area contributed by atoms with Gasteiger partial charge in [-0.25, -0.2) is 0 Å². The summed E-state index contributed by atoms with van der Waals surface area (Å²) in [6.45, 7) is 7.45. The third kappa shape index (κ3) is 7.08. The highest BCUT2D eigenvalue weighted by molar-refractivity contribution is 6.37. The molecule has 1 unspecified atom stereocenters. The molecule has 0 radical (unpaired) electrons. The molecule has 0 aliphatic heterocycles. The van der Waals surface area contributed by atoms with Crippen LogP contribution in [0.1, 0.15) is 52.5 Å². The van der Waals surface area contributed by atoms with Crippen LogP contribution in [0.4, 0.5) is 0 Å². The van der Waals surface area contributed by atoms with Crippen LogP contribution in [0.2, 0.25) is 0 Å². The molecule has 0 aliphatic rings. The van der Waals surface area contributed by atoms with E-state index in [0.29, 0.717) is 12.8 Å². The summed E-state index contributed by atoms with van der Waals surface area (Å²) in [4.78, 5) is 37.2. The van der Waals surface area contributed by atoms with E-state index in [1.165, 1.54) is 0 Å². The molecule has 5 nitrogen and oxygen atoms in total. The second-order valence-electron chi connectivity index (χ2n) is 7.52. The highest BCUT2D eigenvalue weighted by Crippen LogP contribution is 2.24. The second kappa shape index (κ2) is 9.35. The molecule has 3 N–H and O–H groups in total. The van der Waals surface area contributed by atoms with Crippen molar-refractivity contribution in [3.05, 3.63) is 35.9 Å². The molecule has 2 amide bonds. The Morgan fingerprint density at radius 3 is 2.16 bits per heavy atom. The lowest BCUT2D eigenvalue weighted by molar-refractivity contribution is -0.143. The summed E-state index contributed by atoms with van der Waals surface area (Å²) in [6, 6.07) is 9.41. The zero-order valence-electron chi connectivity index (χ0n) is 15.7. The molecule has 0 saturated carbocycles. The van der Waals surface area contributed by atoms with E-state index in [4.69, 9.17) is 5.73 Å². The van der Waals surface area contributed by atoms with Crippen LogP contribution in [0, 0.1) is 11.8 Å². The van der Waals surface area contributed by atoms with E-state index in [9.17, 15) is 14.4 Å². The summed E-state index contributed by atoms with van der Waals surface area (Å²) in [6.07, 6.45) is 2.52. The number of Topliss-reactive ketones (excluding diaryl/α,β-unsaturated/α-hetero) is 1. The largest absolute Gasteiger partial charge is 0.369 e. The first kappa shape index (κ1) is 20.9. The minimum atomic E-state index is -0.742. The van der Waals surface area contributed by atoms with Gasteiger partial charge in [0, 0.05) is 17.4 Å². The maximum Gasteiger partial charge on any atom is 0.288 e. The predicted molar refractivity (Wildman–Crippen MR) is 98.7 cm³/mol. The fourth-order valence-corrected chi connectivity index (χ4v) is 2.82. The lowest BCUT2D eigenvalue weighted by atomic mass is 9.80. The summed E-state index contributed by atoms with van der Waals surface area (Å²) in [5.41, 5.74) is 5.97. The fourth-order valence-electron chi connectivity index (χ4n) is 2.82. The molecule has 5 heteroatoms. The third-order valence-electron chi connectivity index (χ3n) is 4.07.